The van der Waals surface area contributed by atoms with Crippen LogP contribution >= 0.6 is 27.3 Å². The van der Waals surface area contributed by atoms with Gasteiger partial charge in [-0.3, -0.25) is 4.40 Å². The van der Waals surface area contributed by atoms with Crippen LogP contribution in [0.2, 0.25) is 0 Å². The Balaban J connectivity index is 1.82. The van der Waals surface area contributed by atoms with Crippen LogP contribution < -0.4 is 5.32 Å². The molecule has 0 radical (unpaired) electrons. The van der Waals surface area contributed by atoms with Crippen molar-refractivity contribution in [1.29, 1.82) is 0 Å². The van der Waals surface area contributed by atoms with E-state index in [9.17, 15) is 0 Å². The second-order valence-corrected chi connectivity index (χ2v) is 5.85. The Labute approximate surface area is 118 Å². The molecule has 2 heterocycles. The number of hydrogen-bond acceptors (Lipinski definition) is 3. The maximum absolute atomic E-state index is 4.53. The van der Waals surface area contributed by atoms with Crippen molar-refractivity contribution in [2.45, 2.75) is 13.5 Å². The fourth-order valence-electron chi connectivity index (χ4n) is 1.91. The van der Waals surface area contributed by atoms with Crippen molar-refractivity contribution in [3.8, 4) is 0 Å². The van der Waals surface area contributed by atoms with Gasteiger partial charge in [-0.2, -0.15) is 0 Å². The van der Waals surface area contributed by atoms with Gasteiger partial charge in [0.05, 0.1) is 17.9 Å². The molecule has 0 saturated heterocycles. The Morgan fingerprint density at radius 1 is 1.33 bits per heavy atom. The molecule has 5 heteroatoms. The third-order valence-electron chi connectivity index (χ3n) is 2.87. The maximum Gasteiger partial charge on any atom is 0.194 e. The molecular formula is C13H12BrN3S. The normalized spacial score (nSPS) is 11.0. The fraction of sp³-hybridized carbons (Fsp3) is 0.154. The minimum atomic E-state index is 0.783. The van der Waals surface area contributed by atoms with E-state index in [1.165, 1.54) is 5.69 Å². The summed E-state index contributed by atoms with van der Waals surface area (Å²) in [5.41, 5.74) is 3.42. The van der Waals surface area contributed by atoms with Crippen molar-refractivity contribution in [2.24, 2.45) is 0 Å². The molecule has 0 aliphatic carbocycles. The summed E-state index contributed by atoms with van der Waals surface area (Å²) in [5.74, 6) is 0. The van der Waals surface area contributed by atoms with Gasteiger partial charge in [-0.15, -0.1) is 11.3 Å². The second-order valence-electron chi connectivity index (χ2n) is 4.06. The van der Waals surface area contributed by atoms with Crippen molar-refractivity contribution in [3.05, 3.63) is 51.7 Å². The molecule has 3 rings (SSSR count). The van der Waals surface area contributed by atoms with Gasteiger partial charge in [0, 0.05) is 21.7 Å². The minimum Gasteiger partial charge on any atom is -0.379 e. The predicted octanol–water partition coefficient (Wildman–Crippen LogP) is 4.08. The number of halogens is 1. The van der Waals surface area contributed by atoms with Gasteiger partial charge in [0.15, 0.2) is 4.96 Å². The molecule has 92 valence electrons. The SMILES string of the molecule is Cc1nc2sccn2c1CNc1ccc(Br)cc1. The van der Waals surface area contributed by atoms with Crippen LogP contribution in [0.15, 0.2) is 40.3 Å². The zero-order valence-electron chi connectivity index (χ0n) is 9.85. The number of thiazole rings is 1. The summed E-state index contributed by atoms with van der Waals surface area (Å²) in [4.78, 5) is 5.59. The van der Waals surface area contributed by atoms with E-state index in [-0.39, 0.29) is 0 Å². The standard InChI is InChI=1S/C13H12BrN3S/c1-9-12(17-6-7-18-13(17)16-9)8-15-11-4-2-10(14)3-5-11/h2-7,15H,8H2,1H3. The molecule has 0 aliphatic rings. The Morgan fingerprint density at radius 2 is 2.11 bits per heavy atom. The number of aryl methyl sites for hydroxylation is 1. The smallest absolute Gasteiger partial charge is 0.194 e. The first-order valence-corrected chi connectivity index (χ1v) is 7.32. The second kappa shape index (κ2) is 4.74. The average molecular weight is 322 g/mol. The topological polar surface area (TPSA) is 29.3 Å². The highest BCUT2D eigenvalue weighted by Gasteiger charge is 2.08. The van der Waals surface area contributed by atoms with Crippen molar-refractivity contribution < 1.29 is 0 Å². The zero-order chi connectivity index (χ0) is 12.5. The molecule has 0 saturated carbocycles. The molecular weight excluding hydrogens is 310 g/mol. The van der Waals surface area contributed by atoms with Gasteiger partial charge in [0.2, 0.25) is 0 Å². The lowest BCUT2D eigenvalue weighted by molar-refractivity contribution is 0.994. The summed E-state index contributed by atoms with van der Waals surface area (Å²) in [7, 11) is 0. The van der Waals surface area contributed by atoms with Crippen LogP contribution in [-0.2, 0) is 6.54 Å². The number of nitrogens with one attached hydrogen (secondary N) is 1. The van der Waals surface area contributed by atoms with Gasteiger partial charge < -0.3 is 5.32 Å². The van der Waals surface area contributed by atoms with Crippen LogP contribution in [-0.4, -0.2) is 9.38 Å². The van der Waals surface area contributed by atoms with E-state index in [0.29, 0.717) is 0 Å². The maximum atomic E-state index is 4.53. The molecule has 3 nitrogen and oxygen atoms in total. The number of anilines is 1. The summed E-state index contributed by atoms with van der Waals surface area (Å²) in [6.07, 6.45) is 2.07. The van der Waals surface area contributed by atoms with Gasteiger partial charge in [-0.25, -0.2) is 4.98 Å². The molecule has 0 aliphatic heterocycles. The Bertz CT molecular complexity index is 669. The highest BCUT2D eigenvalue weighted by molar-refractivity contribution is 9.10. The van der Waals surface area contributed by atoms with E-state index in [4.69, 9.17) is 0 Å². The minimum absolute atomic E-state index is 0.783. The lowest BCUT2D eigenvalue weighted by Crippen LogP contribution is -2.03. The number of aromatic nitrogens is 2. The zero-order valence-corrected chi connectivity index (χ0v) is 12.3. The Hall–Kier alpha value is -1.33. The van der Waals surface area contributed by atoms with Crippen molar-refractivity contribution >= 4 is 37.9 Å². The number of hydrogen-bond donors (Lipinski definition) is 1. The highest BCUT2D eigenvalue weighted by atomic mass is 79.9. The molecule has 0 unspecified atom stereocenters. The first kappa shape index (κ1) is 11.7. The van der Waals surface area contributed by atoms with Crippen LogP contribution in [0.25, 0.3) is 4.96 Å². The highest BCUT2D eigenvalue weighted by Crippen LogP contribution is 2.19. The predicted molar refractivity (Wildman–Crippen MR) is 79.3 cm³/mol. The van der Waals surface area contributed by atoms with Gasteiger partial charge in [0.25, 0.3) is 0 Å². The van der Waals surface area contributed by atoms with Gasteiger partial charge in [0.1, 0.15) is 0 Å². The largest absolute Gasteiger partial charge is 0.379 e. The summed E-state index contributed by atoms with van der Waals surface area (Å²) < 4.78 is 3.24. The molecule has 0 bridgehead atoms. The number of benzene rings is 1. The van der Waals surface area contributed by atoms with Crippen molar-refractivity contribution in [2.75, 3.05) is 5.32 Å². The number of rotatable bonds is 3. The summed E-state index contributed by atoms with van der Waals surface area (Å²) in [5, 5.41) is 5.48. The van der Waals surface area contributed by atoms with Gasteiger partial charge >= 0.3 is 0 Å². The lowest BCUT2D eigenvalue weighted by atomic mass is 10.3. The van der Waals surface area contributed by atoms with E-state index >= 15 is 0 Å². The average Bonchev–Trinajstić information content (AvgIpc) is 2.90. The van der Waals surface area contributed by atoms with E-state index in [2.05, 4.69) is 61.3 Å². The number of nitrogens with zero attached hydrogens (tertiary/aromatic N) is 2. The Morgan fingerprint density at radius 3 is 2.89 bits per heavy atom. The molecule has 0 amide bonds. The van der Waals surface area contributed by atoms with Crippen LogP contribution in [0.1, 0.15) is 11.4 Å². The molecule has 2 aromatic heterocycles. The van der Waals surface area contributed by atoms with Crippen LogP contribution in [0.5, 0.6) is 0 Å². The summed E-state index contributed by atoms with van der Waals surface area (Å²) in [6.45, 7) is 2.84. The first-order chi connectivity index (χ1) is 8.74. The van der Waals surface area contributed by atoms with E-state index in [0.717, 1.165) is 27.4 Å². The van der Waals surface area contributed by atoms with Gasteiger partial charge in [-0.05, 0) is 31.2 Å². The van der Waals surface area contributed by atoms with E-state index < -0.39 is 0 Å². The lowest BCUT2D eigenvalue weighted by Gasteiger charge is -2.06. The van der Waals surface area contributed by atoms with Gasteiger partial charge in [-0.1, -0.05) is 15.9 Å². The molecule has 3 aromatic rings. The number of fused-ring (bicyclic) bond motifs is 1. The molecule has 18 heavy (non-hydrogen) atoms. The molecule has 0 spiro atoms. The van der Waals surface area contributed by atoms with Crippen LogP contribution in [0, 0.1) is 6.92 Å². The van der Waals surface area contributed by atoms with Crippen LogP contribution in [0.3, 0.4) is 0 Å². The Kier molecular flexibility index (Phi) is 3.09. The molecule has 1 N–H and O–H groups in total. The van der Waals surface area contributed by atoms with E-state index in [1.54, 1.807) is 11.3 Å². The third kappa shape index (κ3) is 2.15. The van der Waals surface area contributed by atoms with Crippen molar-refractivity contribution in [1.82, 2.24) is 9.38 Å². The monoisotopic (exact) mass is 321 g/mol. The molecule has 1 aromatic carbocycles. The molecule has 0 fully saturated rings. The fourth-order valence-corrected chi connectivity index (χ4v) is 2.95. The molecule has 0 atom stereocenters. The third-order valence-corrected chi connectivity index (χ3v) is 4.15. The van der Waals surface area contributed by atoms with E-state index in [1.807, 2.05) is 12.1 Å². The summed E-state index contributed by atoms with van der Waals surface area (Å²) >= 11 is 5.10. The first-order valence-electron chi connectivity index (χ1n) is 5.64. The quantitative estimate of drug-likeness (QED) is 0.787. The van der Waals surface area contributed by atoms with Crippen molar-refractivity contribution in [3.63, 3.8) is 0 Å². The number of imidazole rings is 1. The summed E-state index contributed by atoms with van der Waals surface area (Å²) in [6, 6.07) is 8.19. The van der Waals surface area contributed by atoms with Crippen LogP contribution in [0.4, 0.5) is 5.69 Å².